The molecule has 0 saturated carbocycles. The largest absolute Gasteiger partial charge is 0.279 e. The van der Waals surface area contributed by atoms with Crippen molar-refractivity contribution in [3.05, 3.63) is 194 Å². The van der Waals surface area contributed by atoms with E-state index < -0.39 is 0 Å². The number of para-hydroxylation sites is 2. The molecule has 0 bridgehead atoms. The fraction of sp³-hybridized carbons (Fsp3) is 0.0769. The van der Waals surface area contributed by atoms with Crippen molar-refractivity contribution in [2.24, 2.45) is 0 Å². The van der Waals surface area contributed by atoms with Crippen LogP contribution in [-0.2, 0) is 5.41 Å². The summed E-state index contributed by atoms with van der Waals surface area (Å²) in [7, 11) is 0. The number of hydrogen-bond donors (Lipinski definition) is 0. The Bertz CT molecular complexity index is 3040. The molecule has 0 fully saturated rings. The molecule has 10 rings (SSSR count). The molecule has 7 aromatic carbocycles. The van der Waals surface area contributed by atoms with E-state index in [-0.39, 0.29) is 5.41 Å². The first kappa shape index (κ1) is 33.5. The van der Waals surface area contributed by atoms with E-state index in [1.807, 2.05) is 6.07 Å². The highest BCUT2D eigenvalue weighted by Gasteiger charge is 2.26. The fourth-order valence-corrected chi connectivity index (χ4v) is 8.18. The molecule has 0 amide bonds. The molecule has 10 aromatic rings. The summed E-state index contributed by atoms with van der Waals surface area (Å²) in [5.41, 5.74) is 15.0. The maximum atomic E-state index is 5.70. The van der Waals surface area contributed by atoms with Gasteiger partial charge < -0.3 is 0 Å². The van der Waals surface area contributed by atoms with Crippen LogP contribution in [-0.4, -0.2) is 19.1 Å². The van der Waals surface area contributed by atoms with E-state index >= 15 is 0 Å². The standard InChI is InChI=1S/C52H40N4/c1-52(2,3)38-32-33-46(42(34-38)36-20-9-5-10-21-36)56-48-31-16-26-40(44-28-17-27-43(53-44)37-22-11-6-12-23-37)50(48)54-51(56)55-45-29-14-13-24-41(45)49-39(25-15-30-47(49)55)35-18-7-4-8-19-35/h4-34H,1-3H3. The van der Waals surface area contributed by atoms with E-state index in [4.69, 9.17) is 9.97 Å². The highest BCUT2D eigenvalue weighted by molar-refractivity contribution is 6.15. The quantitative estimate of drug-likeness (QED) is 0.171. The van der Waals surface area contributed by atoms with Crippen LogP contribution in [0.5, 0.6) is 0 Å². The van der Waals surface area contributed by atoms with Crippen molar-refractivity contribution >= 4 is 32.8 Å². The number of hydrogen-bond acceptors (Lipinski definition) is 2. The lowest BCUT2D eigenvalue weighted by Gasteiger charge is -2.23. The molecule has 0 spiro atoms. The Morgan fingerprint density at radius 1 is 0.411 bits per heavy atom. The molecule has 0 aliphatic carbocycles. The highest BCUT2D eigenvalue weighted by atomic mass is 15.3. The van der Waals surface area contributed by atoms with Crippen molar-refractivity contribution in [3.63, 3.8) is 0 Å². The number of fused-ring (bicyclic) bond motifs is 4. The number of benzene rings is 7. The average Bonchev–Trinajstić information content (AvgIpc) is 3.80. The van der Waals surface area contributed by atoms with Crippen LogP contribution in [0, 0.1) is 0 Å². The summed E-state index contributed by atoms with van der Waals surface area (Å²) in [6.07, 6.45) is 0. The third-order valence-electron chi connectivity index (χ3n) is 10.9. The molecule has 268 valence electrons. The highest BCUT2D eigenvalue weighted by Crippen LogP contribution is 2.42. The van der Waals surface area contributed by atoms with Crippen LogP contribution in [0.4, 0.5) is 0 Å². The third-order valence-corrected chi connectivity index (χ3v) is 10.9. The first-order valence-electron chi connectivity index (χ1n) is 19.3. The van der Waals surface area contributed by atoms with Crippen LogP contribution in [0.2, 0.25) is 0 Å². The summed E-state index contributed by atoms with van der Waals surface area (Å²) in [6, 6.07) is 66.9. The number of imidazole rings is 1. The molecule has 0 N–H and O–H groups in total. The number of nitrogens with zero attached hydrogens (tertiary/aromatic N) is 4. The molecule has 3 aromatic heterocycles. The molecular weight excluding hydrogens is 681 g/mol. The van der Waals surface area contributed by atoms with Crippen LogP contribution in [0.25, 0.3) is 89.2 Å². The Labute approximate surface area is 327 Å². The molecule has 4 nitrogen and oxygen atoms in total. The summed E-state index contributed by atoms with van der Waals surface area (Å²) in [5.74, 6) is 0.823. The van der Waals surface area contributed by atoms with Crippen molar-refractivity contribution in [1.29, 1.82) is 0 Å². The van der Waals surface area contributed by atoms with E-state index in [0.29, 0.717) is 0 Å². The van der Waals surface area contributed by atoms with Crippen LogP contribution in [0.1, 0.15) is 26.3 Å². The molecule has 0 aliphatic heterocycles. The van der Waals surface area contributed by atoms with Gasteiger partial charge in [-0.1, -0.05) is 166 Å². The SMILES string of the molecule is CC(C)(C)c1ccc(-n2c(-n3c4ccccc4c4c(-c5ccccc5)cccc43)nc3c(-c4cccc(-c5ccccc5)n4)cccc32)c(-c2ccccc2)c1. The van der Waals surface area contributed by atoms with Gasteiger partial charge in [-0.25, -0.2) is 9.97 Å². The molecule has 0 atom stereocenters. The predicted molar refractivity (Wildman–Crippen MR) is 234 cm³/mol. The average molecular weight is 721 g/mol. The first-order valence-corrected chi connectivity index (χ1v) is 19.3. The minimum absolute atomic E-state index is 0.0365. The lowest BCUT2D eigenvalue weighted by molar-refractivity contribution is 0.590. The Morgan fingerprint density at radius 2 is 0.982 bits per heavy atom. The van der Waals surface area contributed by atoms with Gasteiger partial charge in [0, 0.05) is 27.5 Å². The van der Waals surface area contributed by atoms with Gasteiger partial charge >= 0.3 is 0 Å². The van der Waals surface area contributed by atoms with Crippen molar-refractivity contribution < 1.29 is 0 Å². The molecule has 0 saturated heterocycles. The summed E-state index contributed by atoms with van der Waals surface area (Å²) in [4.78, 5) is 10.9. The van der Waals surface area contributed by atoms with Crippen LogP contribution in [0.15, 0.2) is 188 Å². The van der Waals surface area contributed by atoms with Crippen LogP contribution >= 0.6 is 0 Å². The molecule has 0 radical (unpaired) electrons. The van der Waals surface area contributed by atoms with Gasteiger partial charge in [0.15, 0.2) is 0 Å². The van der Waals surface area contributed by atoms with Gasteiger partial charge in [-0.05, 0) is 70.1 Å². The molecule has 4 heteroatoms. The monoisotopic (exact) mass is 720 g/mol. The Morgan fingerprint density at radius 3 is 1.70 bits per heavy atom. The van der Waals surface area contributed by atoms with E-state index in [2.05, 4.69) is 212 Å². The molecular formula is C52H40N4. The van der Waals surface area contributed by atoms with Gasteiger partial charge in [0.25, 0.3) is 0 Å². The number of pyridine rings is 1. The summed E-state index contributed by atoms with van der Waals surface area (Å²) in [5, 5.41) is 2.39. The molecule has 0 unspecified atom stereocenters. The van der Waals surface area contributed by atoms with E-state index in [0.717, 1.165) is 67.3 Å². The molecule has 3 heterocycles. The topological polar surface area (TPSA) is 35.6 Å². The maximum Gasteiger partial charge on any atom is 0.220 e. The summed E-state index contributed by atoms with van der Waals surface area (Å²) < 4.78 is 4.73. The zero-order chi connectivity index (χ0) is 37.8. The smallest absolute Gasteiger partial charge is 0.220 e. The Kier molecular flexibility index (Phi) is 8.00. The Balaban J connectivity index is 1.33. The van der Waals surface area contributed by atoms with Gasteiger partial charge in [0.05, 0.1) is 33.6 Å². The number of aromatic nitrogens is 4. The zero-order valence-corrected chi connectivity index (χ0v) is 31.7. The molecule has 0 aliphatic rings. The maximum absolute atomic E-state index is 5.70. The van der Waals surface area contributed by atoms with Crippen molar-refractivity contribution in [3.8, 4) is 56.4 Å². The van der Waals surface area contributed by atoms with E-state index in [1.165, 1.54) is 27.5 Å². The second kappa shape index (κ2) is 13.4. The second-order valence-corrected chi connectivity index (χ2v) is 15.5. The van der Waals surface area contributed by atoms with Crippen molar-refractivity contribution in [2.45, 2.75) is 26.2 Å². The Hall–Kier alpha value is -7.04. The first-order chi connectivity index (χ1) is 27.4. The lowest BCUT2D eigenvalue weighted by Crippen LogP contribution is -2.12. The van der Waals surface area contributed by atoms with Gasteiger partial charge in [-0.3, -0.25) is 9.13 Å². The van der Waals surface area contributed by atoms with E-state index in [9.17, 15) is 0 Å². The lowest BCUT2D eigenvalue weighted by atomic mass is 9.85. The van der Waals surface area contributed by atoms with Crippen molar-refractivity contribution in [1.82, 2.24) is 19.1 Å². The fourth-order valence-electron chi connectivity index (χ4n) is 8.18. The summed E-state index contributed by atoms with van der Waals surface area (Å²) in [6.45, 7) is 6.83. The minimum Gasteiger partial charge on any atom is -0.279 e. The number of rotatable bonds is 6. The van der Waals surface area contributed by atoms with Crippen LogP contribution < -0.4 is 0 Å². The van der Waals surface area contributed by atoms with Gasteiger partial charge in [-0.2, -0.15) is 0 Å². The second-order valence-electron chi connectivity index (χ2n) is 15.5. The van der Waals surface area contributed by atoms with Crippen LogP contribution in [0.3, 0.4) is 0 Å². The predicted octanol–water partition coefficient (Wildman–Crippen LogP) is 13.5. The normalized spacial score (nSPS) is 11.8. The van der Waals surface area contributed by atoms with E-state index in [1.54, 1.807) is 0 Å². The zero-order valence-electron chi connectivity index (χ0n) is 31.7. The van der Waals surface area contributed by atoms with Gasteiger partial charge in [0.1, 0.15) is 5.52 Å². The molecule has 56 heavy (non-hydrogen) atoms. The van der Waals surface area contributed by atoms with Gasteiger partial charge in [0.2, 0.25) is 5.95 Å². The third kappa shape index (κ3) is 5.61. The summed E-state index contributed by atoms with van der Waals surface area (Å²) >= 11 is 0. The minimum atomic E-state index is -0.0365. The van der Waals surface area contributed by atoms with Gasteiger partial charge in [-0.15, -0.1) is 0 Å². The van der Waals surface area contributed by atoms with Crippen molar-refractivity contribution in [2.75, 3.05) is 0 Å².